The molecular formula is C30H49N9O6. The normalized spacial score (nSPS) is 18.4. The number of fused-ring (bicyclic) bond motifs is 1. The molecule has 3 rings (SSSR count). The first-order valence-electron chi connectivity index (χ1n) is 15.9. The van der Waals surface area contributed by atoms with Crippen LogP contribution in [0.25, 0.3) is 11.2 Å². The number of unbranched alkanes of at least 4 members (excludes halogenated alkanes) is 2. The number of hydrazine groups is 2. The first-order valence-corrected chi connectivity index (χ1v) is 15.9. The van der Waals surface area contributed by atoms with Crippen molar-refractivity contribution in [2.24, 2.45) is 11.8 Å². The summed E-state index contributed by atoms with van der Waals surface area (Å²) in [6.45, 7) is 7.63. The molecule has 45 heavy (non-hydrogen) atoms. The number of imidazole rings is 1. The molecule has 1 aliphatic heterocycles. The number of nitrogens with one attached hydrogen (secondary N) is 4. The van der Waals surface area contributed by atoms with E-state index in [0.29, 0.717) is 50.0 Å². The van der Waals surface area contributed by atoms with Crippen LogP contribution in [0.15, 0.2) is 12.5 Å². The van der Waals surface area contributed by atoms with Gasteiger partial charge in [-0.15, -0.1) is 0 Å². The molecule has 15 heteroatoms. The molecule has 2 aromatic heterocycles. The predicted molar refractivity (Wildman–Crippen MR) is 166 cm³/mol. The number of aryl methyl sites for hydroxylation is 1. The number of ether oxygens (including phenoxy) is 1. The van der Waals surface area contributed by atoms with Gasteiger partial charge in [-0.05, 0) is 43.9 Å². The Balaban J connectivity index is 1.74. The number of hydrogen-bond donors (Lipinski definition) is 5. The molecule has 250 valence electrons. The predicted octanol–water partition coefficient (Wildman–Crippen LogP) is 1.57. The Morgan fingerprint density at radius 3 is 2.51 bits per heavy atom. The minimum Gasteiger partial charge on any atom is -0.480 e. The summed E-state index contributed by atoms with van der Waals surface area (Å²) in [5.74, 6) is -3.12. The maximum atomic E-state index is 14.5. The van der Waals surface area contributed by atoms with Crippen molar-refractivity contribution in [3.05, 3.63) is 18.3 Å². The van der Waals surface area contributed by atoms with Crippen molar-refractivity contribution in [1.29, 1.82) is 0 Å². The molecule has 0 spiro atoms. The molecule has 0 saturated carbocycles. The largest absolute Gasteiger partial charge is 0.480 e. The van der Waals surface area contributed by atoms with Gasteiger partial charge < -0.3 is 25.0 Å². The lowest BCUT2D eigenvalue weighted by atomic mass is 9.81. The number of carbonyl (C=O) groups is 4. The number of likely N-dealkylation sites (tertiary alicyclic amines) is 1. The van der Waals surface area contributed by atoms with Crippen LogP contribution in [-0.4, -0.2) is 104 Å². The Morgan fingerprint density at radius 1 is 1.13 bits per heavy atom. The summed E-state index contributed by atoms with van der Waals surface area (Å²) in [5.41, 5.74) is 5.40. The van der Waals surface area contributed by atoms with E-state index in [2.05, 4.69) is 36.1 Å². The van der Waals surface area contributed by atoms with Crippen LogP contribution in [0.1, 0.15) is 78.5 Å². The number of carboxylic acids is 1. The van der Waals surface area contributed by atoms with E-state index in [1.165, 1.54) is 10.0 Å². The first-order chi connectivity index (χ1) is 21.6. The highest BCUT2D eigenvalue weighted by atomic mass is 16.5. The van der Waals surface area contributed by atoms with Gasteiger partial charge >= 0.3 is 11.9 Å². The number of aromatic nitrogens is 4. The molecule has 1 saturated heterocycles. The molecule has 0 bridgehead atoms. The van der Waals surface area contributed by atoms with Crippen molar-refractivity contribution in [3.8, 4) is 0 Å². The van der Waals surface area contributed by atoms with Crippen molar-refractivity contribution in [1.82, 2.24) is 46.1 Å². The lowest BCUT2D eigenvalue weighted by Crippen LogP contribution is -2.74. The summed E-state index contributed by atoms with van der Waals surface area (Å²) in [4.78, 5) is 71.2. The van der Waals surface area contributed by atoms with Crippen molar-refractivity contribution in [2.75, 3.05) is 27.2 Å². The zero-order valence-electron chi connectivity index (χ0n) is 27.3. The lowest BCUT2D eigenvalue weighted by Gasteiger charge is -2.45. The second kappa shape index (κ2) is 16.6. The molecule has 5 atom stereocenters. The fourth-order valence-electron chi connectivity index (χ4n) is 5.83. The SMILES string of the molecule is CC[C@H](C)[C@H](NC(=O)[C@@H]1CCCN1C(=O)[C@](C(=O)OCCCCCc1ncc2[nH]cnc2n1)([C@@H](C)CC)N(NC)NC)C(=O)O. The molecule has 1 fully saturated rings. The van der Waals surface area contributed by atoms with Gasteiger partial charge in [0.05, 0.1) is 19.1 Å². The van der Waals surface area contributed by atoms with Crippen LogP contribution < -0.4 is 16.2 Å². The lowest BCUT2D eigenvalue weighted by molar-refractivity contribution is -0.182. The molecular weight excluding hydrogens is 582 g/mol. The van der Waals surface area contributed by atoms with Crippen molar-refractivity contribution < 1.29 is 29.0 Å². The number of hydrogen-bond acceptors (Lipinski definition) is 11. The van der Waals surface area contributed by atoms with E-state index >= 15 is 0 Å². The molecule has 5 N–H and O–H groups in total. The number of aromatic amines is 1. The summed E-state index contributed by atoms with van der Waals surface area (Å²) in [7, 11) is 3.18. The third-order valence-corrected chi connectivity index (χ3v) is 8.86. The second-order valence-electron chi connectivity index (χ2n) is 11.6. The number of esters is 1. The van der Waals surface area contributed by atoms with Crippen LogP contribution in [0, 0.1) is 11.8 Å². The van der Waals surface area contributed by atoms with Crippen LogP contribution in [-0.2, 0) is 30.3 Å². The van der Waals surface area contributed by atoms with E-state index in [0.717, 1.165) is 18.4 Å². The highest BCUT2D eigenvalue weighted by Crippen LogP contribution is 2.33. The average Bonchev–Trinajstić information content (AvgIpc) is 3.72. The van der Waals surface area contributed by atoms with Gasteiger partial charge in [0.1, 0.15) is 23.4 Å². The molecule has 2 aromatic rings. The van der Waals surface area contributed by atoms with Gasteiger partial charge in [0.15, 0.2) is 5.65 Å². The van der Waals surface area contributed by atoms with Crippen LogP contribution in [0.2, 0.25) is 0 Å². The summed E-state index contributed by atoms with van der Waals surface area (Å²) < 4.78 is 5.80. The van der Waals surface area contributed by atoms with Gasteiger partial charge in [0, 0.05) is 27.1 Å². The fourth-order valence-corrected chi connectivity index (χ4v) is 5.83. The summed E-state index contributed by atoms with van der Waals surface area (Å²) in [6.07, 6.45) is 7.93. The quantitative estimate of drug-likeness (QED) is 0.0691. The molecule has 2 amide bonds. The number of carbonyl (C=O) groups excluding carboxylic acids is 3. The molecule has 0 aliphatic carbocycles. The first kappa shape index (κ1) is 35.8. The van der Waals surface area contributed by atoms with Crippen molar-refractivity contribution >= 4 is 34.9 Å². The van der Waals surface area contributed by atoms with Crippen molar-refractivity contribution in [3.63, 3.8) is 0 Å². The standard InChI is InChI=1S/C30H49N9O6/c1-7-19(3)24(27(41)42)37-26(40)22-13-12-15-38(22)28(43)30(20(4)8-2,39(31-5)32-6)29(44)45-16-11-9-10-14-23-33-17-21-25(36-23)35-18-34-21/h17-20,22,24,31-32H,7-16H2,1-6H3,(H,37,40)(H,41,42)(H,33,34,35,36)/t19-,20-,22-,24-,30-/m0/s1. The number of H-pyrrole nitrogens is 1. The Hall–Kier alpha value is -3.69. The van der Waals surface area contributed by atoms with Gasteiger partial charge in [-0.1, -0.05) is 40.5 Å². The van der Waals surface area contributed by atoms with E-state index in [1.54, 1.807) is 40.5 Å². The molecule has 0 aromatic carbocycles. The molecule has 0 radical (unpaired) electrons. The second-order valence-corrected chi connectivity index (χ2v) is 11.6. The zero-order chi connectivity index (χ0) is 33.1. The number of amides is 2. The molecule has 0 unspecified atom stereocenters. The topological polar surface area (TPSA) is 195 Å². The smallest absolute Gasteiger partial charge is 0.339 e. The van der Waals surface area contributed by atoms with Gasteiger partial charge in [-0.25, -0.2) is 35.4 Å². The summed E-state index contributed by atoms with van der Waals surface area (Å²) >= 11 is 0. The van der Waals surface area contributed by atoms with Crippen LogP contribution in [0.5, 0.6) is 0 Å². The van der Waals surface area contributed by atoms with E-state index in [9.17, 15) is 24.3 Å². The minimum absolute atomic E-state index is 0.101. The Kier molecular flexibility index (Phi) is 13.2. The van der Waals surface area contributed by atoms with Crippen LogP contribution in [0.3, 0.4) is 0 Å². The maximum absolute atomic E-state index is 14.5. The number of nitrogens with zero attached hydrogens (tertiary/aromatic N) is 5. The fraction of sp³-hybridized carbons (Fsp3) is 0.700. The van der Waals surface area contributed by atoms with E-state index in [1.807, 2.05) is 13.8 Å². The average molecular weight is 632 g/mol. The van der Waals surface area contributed by atoms with E-state index < -0.39 is 47.3 Å². The third kappa shape index (κ3) is 7.94. The molecule has 3 heterocycles. The Bertz CT molecular complexity index is 1300. The number of rotatable bonds is 18. The van der Waals surface area contributed by atoms with Crippen LogP contribution in [0.4, 0.5) is 0 Å². The van der Waals surface area contributed by atoms with E-state index in [-0.39, 0.29) is 19.1 Å². The van der Waals surface area contributed by atoms with Crippen LogP contribution >= 0.6 is 0 Å². The van der Waals surface area contributed by atoms with E-state index in [4.69, 9.17) is 4.74 Å². The number of aliphatic carboxylic acids is 1. The highest BCUT2D eigenvalue weighted by molar-refractivity contribution is 6.09. The Morgan fingerprint density at radius 2 is 1.87 bits per heavy atom. The summed E-state index contributed by atoms with van der Waals surface area (Å²) in [6, 6.07) is -2.01. The summed E-state index contributed by atoms with van der Waals surface area (Å²) in [5, 5.41) is 13.7. The molecule has 15 nitrogen and oxygen atoms in total. The van der Waals surface area contributed by atoms with Crippen molar-refractivity contribution in [2.45, 2.75) is 96.7 Å². The van der Waals surface area contributed by atoms with Gasteiger partial charge in [0.25, 0.3) is 5.91 Å². The van der Waals surface area contributed by atoms with Gasteiger partial charge in [0.2, 0.25) is 11.4 Å². The monoisotopic (exact) mass is 631 g/mol. The zero-order valence-corrected chi connectivity index (χ0v) is 27.3. The van der Waals surface area contributed by atoms with Gasteiger partial charge in [-0.2, -0.15) is 5.12 Å². The highest BCUT2D eigenvalue weighted by Gasteiger charge is 2.59. The third-order valence-electron chi connectivity index (χ3n) is 8.86. The number of carboxylic acid groups (broad SMARTS) is 1. The molecule has 1 aliphatic rings. The van der Waals surface area contributed by atoms with Gasteiger partial charge in [-0.3, -0.25) is 9.59 Å². The minimum atomic E-state index is -1.84. The maximum Gasteiger partial charge on any atom is 0.339 e. The Labute approximate surface area is 264 Å².